The van der Waals surface area contributed by atoms with Gasteiger partial charge in [0.15, 0.2) is 0 Å². The Hall–Kier alpha value is -0.920. The fourth-order valence-electron chi connectivity index (χ4n) is 2.36. The molecule has 3 heterocycles. The quantitative estimate of drug-likeness (QED) is 0.874. The zero-order chi connectivity index (χ0) is 13.2. The van der Waals surface area contributed by atoms with Crippen molar-refractivity contribution in [1.29, 1.82) is 0 Å². The molecule has 0 radical (unpaired) electrons. The summed E-state index contributed by atoms with van der Waals surface area (Å²) in [6, 6.07) is 0. The van der Waals surface area contributed by atoms with E-state index in [0.29, 0.717) is 5.91 Å². The molecule has 20 heavy (non-hydrogen) atoms. The number of hydrogen-bond donors (Lipinski definition) is 1. The second-order valence-corrected chi connectivity index (χ2v) is 5.74. The number of nitrogens with zero attached hydrogens (tertiary/aromatic N) is 4. The minimum Gasteiger partial charge on any atom is -0.343 e. The van der Waals surface area contributed by atoms with E-state index in [1.165, 1.54) is 11.5 Å². The van der Waals surface area contributed by atoms with E-state index in [-0.39, 0.29) is 18.3 Å². The van der Waals surface area contributed by atoms with Crippen LogP contribution in [-0.2, 0) is 11.2 Å². The van der Waals surface area contributed by atoms with Gasteiger partial charge in [-0.2, -0.15) is 4.37 Å². The van der Waals surface area contributed by atoms with Crippen LogP contribution < -0.4 is 10.2 Å². The number of hydrogen-bond acceptors (Lipinski definition) is 6. The van der Waals surface area contributed by atoms with E-state index < -0.39 is 0 Å². The molecule has 0 bridgehead atoms. The second-order valence-electron chi connectivity index (χ2n) is 5.01. The Kier molecular flexibility index (Phi) is 5.17. The highest BCUT2D eigenvalue weighted by molar-refractivity contribution is 7.09. The van der Waals surface area contributed by atoms with Crippen LogP contribution in [0, 0.1) is 5.92 Å². The van der Waals surface area contributed by atoms with E-state index in [1.807, 2.05) is 4.90 Å². The topological polar surface area (TPSA) is 61.4 Å². The molecule has 2 aliphatic heterocycles. The fourth-order valence-corrected chi connectivity index (χ4v) is 3.16. The van der Waals surface area contributed by atoms with Crippen molar-refractivity contribution >= 4 is 35.0 Å². The van der Waals surface area contributed by atoms with Crippen molar-refractivity contribution in [3.63, 3.8) is 0 Å². The summed E-state index contributed by atoms with van der Waals surface area (Å²) in [6.07, 6.45) is 0.879. The summed E-state index contributed by atoms with van der Waals surface area (Å²) in [5, 5.41) is 4.15. The molecule has 0 unspecified atom stereocenters. The number of aromatic nitrogens is 2. The van der Waals surface area contributed by atoms with Crippen molar-refractivity contribution in [2.75, 3.05) is 44.2 Å². The molecule has 6 nitrogen and oxygen atoms in total. The molecule has 1 amide bonds. The van der Waals surface area contributed by atoms with Crippen molar-refractivity contribution in [2.24, 2.45) is 5.92 Å². The Balaban J connectivity index is 0.00000147. The molecule has 1 N–H and O–H groups in total. The molecule has 8 heteroatoms. The van der Waals surface area contributed by atoms with Crippen LogP contribution >= 0.6 is 23.9 Å². The first-order chi connectivity index (χ1) is 9.28. The third-order valence-corrected chi connectivity index (χ3v) is 4.58. The molecular formula is C12H20ClN5OS. The first-order valence-electron chi connectivity index (χ1n) is 6.85. The maximum atomic E-state index is 12.1. The summed E-state index contributed by atoms with van der Waals surface area (Å²) in [5.41, 5.74) is 0. The molecule has 1 aromatic heterocycles. The second kappa shape index (κ2) is 6.69. The Morgan fingerprint density at radius 3 is 2.55 bits per heavy atom. The summed E-state index contributed by atoms with van der Waals surface area (Å²) in [5.74, 6) is 1.43. The number of aryl methyl sites for hydroxylation is 1. The minimum atomic E-state index is 0. The van der Waals surface area contributed by atoms with E-state index in [1.54, 1.807) is 0 Å². The van der Waals surface area contributed by atoms with Crippen LogP contribution in [0.4, 0.5) is 5.13 Å². The normalized spacial score (nSPS) is 19.4. The largest absolute Gasteiger partial charge is 0.343 e. The van der Waals surface area contributed by atoms with Gasteiger partial charge in [0, 0.05) is 57.2 Å². The van der Waals surface area contributed by atoms with E-state index in [2.05, 4.69) is 26.5 Å². The number of carbonyl (C=O) groups is 1. The summed E-state index contributed by atoms with van der Waals surface area (Å²) in [6.45, 7) is 7.08. The average Bonchev–Trinajstić information content (AvgIpc) is 2.85. The van der Waals surface area contributed by atoms with Gasteiger partial charge in [0.2, 0.25) is 11.0 Å². The third kappa shape index (κ3) is 3.05. The van der Waals surface area contributed by atoms with Gasteiger partial charge < -0.3 is 15.1 Å². The molecule has 2 aliphatic rings. The van der Waals surface area contributed by atoms with Gasteiger partial charge >= 0.3 is 0 Å². The van der Waals surface area contributed by atoms with Gasteiger partial charge in [-0.3, -0.25) is 4.79 Å². The highest BCUT2D eigenvalue weighted by atomic mass is 35.5. The maximum Gasteiger partial charge on any atom is 0.228 e. The fraction of sp³-hybridized carbons (Fsp3) is 0.750. The molecule has 3 rings (SSSR count). The smallest absolute Gasteiger partial charge is 0.228 e. The summed E-state index contributed by atoms with van der Waals surface area (Å²) in [7, 11) is 0. The van der Waals surface area contributed by atoms with E-state index in [0.717, 1.165) is 56.6 Å². The predicted molar refractivity (Wildman–Crippen MR) is 81.7 cm³/mol. The Morgan fingerprint density at radius 2 is 2.05 bits per heavy atom. The minimum absolute atomic E-state index is 0. The Morgan fingerprint density at radius 1 is 1.35 bits per heavy atom. The lowest BCUT2D eigenvalue weighted by Gasteiger charge is -2.38. The van der Waals surface area contributed by atoms with E-state index in [9.17, 15) is 4.79 Å². The summed E-state index contributed by atoms with van der Waals surface area (Å²) >= 11 is 1.46. The van der Waals surface area contributed by atoms with Gasteiger partial charge in [-0.25, -0.2) is 4.98 Å². The monoisotopic (exact) mass is 317 g/mol. The zero-order valence-electron chi connectivity index (χ0n) is 11.5. The molecule has 2 fully saturated rings. The SMILES string of the molecule is CCc1nsc(N2CCN(C(=O)C3CNC3)CC2)n1.Cl. The number of rotatable bonds is 3. The highest BCUT2D eigenvalue weighted by Gasteiger charge is 2.31. The van der Waals surface area contributed by atoms with Crippen LogP contribution in [0.5, 0.6) is 0 Å². The highest BCUT2D eigenvalue weighted by Crippen LogP contribution is 2.20. The first kappa shape index (κ1) is 15.5. The first-order valence-corrected chi connectivity index (χ1v) is 7.62. The van der Waals surface area contributed by atoms with Crippen molar-refractivity contribution in [3.8, 4) is 0 Å². The van der Waals surface area contributed by atoms with E-state index in [4.69, 9.17) is 0 Å². The van der Waals surface area contributed by atoms with Crippen molar-refractivity contribution < 1.29 is 4.79 Å². The van der Waals surface area contributed by atoms with E-state index >= 15 is 0 Å². The number of nitrogens with one attached hydrogen (secondary N) is 1. The van der Waals surface area contributed by atoms with Gasteiger partial charge in [-0.05, 0) is 0 Å². The number of anilines is 1. The molecule has 0 spiro atoms. The number of amides is 1. The van der Waals surface area contributed by atoms with Crippen LogP contribution in [0.25, 0.3) is 0 Å². The van der Waals surface area contributed by atoms with Crippen LogP contribution in [0.1, 0.15) is 12.7 Å². The van der Waals surface area contributed by atoms with Crippen molar-refractivity contribution in [3.05, 3.63) is 5.82 Å². The van der Waals surface area contributed by atoms with Gasteiger partial charge in [0.1, 0.15) is 5.82 Å². The van der Waals surface area contributed by atoms with Crippen LogP contribution in [-0.4, -0.2) is 59.4 Å². The number of piperazine rings is 1. The number of carbonyl (C=O) groups excluding carboxylic acids is 1. The van der Waals surface area contributed by atoms with Gasteiger partial charge in [-0.15, -0.1) is 12.4 Å². The molecular weight excluding hydrogens is 298 g/mol. The lowest BCUT2D eigenvalue weighted by atomic mass is 10.0. The summed E-state index contributed by atoms with van der Waals surface area (Å²) in [4.78, 5) is 20.8. The van der Waals surface area contributed by atoms with Crippen LogP contribution in [0.15, 0.2) is 0 Å². The Labute approximate surface area is 129 Å². The lowest BCUT2D eigenvalue weighted by Crippen LogP contribution is -2.56. The maximum absolute atomic E-state index is 12.1. The molecule has 0 aromatic carbocycles. The standard InChI is InChI=1S/C12H19N5OS.ClH/c1-2-10-14-12(19-15-10)17-5-3-16(4-6-17)11(18)9-7-13-8-9;/h9,13H,2-8H2,1H3;1H. The lowest BCUT2D eigenvalue weighted by molar-refractivity contribution is -0.137. The number of halogens is 1. The average molecular weight is 318 g/mol. The van der Waals surface area contributed by atoms with Gasteiger partial charge in [-0.1, -0.05) is 6.92 Å². The van der Waals surface area contributed by atoms with Crippen LogP contribution in [0.3, 0.4) is 0 Å². The third-order valence-electron chi connectivity index (χ3n) is 3.77. The molecule has 1 aromatic rings. The molecule has 2 saturated heterocycles. The summed E-state index contributed by atoms with van der Waals surface area (Å²) < 4.78 is 4.31. The predicted octanol–water partition coefficient (Wildman–Crippen LogP) is 0.390. The van der Waals surface area contributed by atoms with Crippen molar-refractivity contribution in [2.45, 2.75) is 13.3 Å². The zero-order valence-corrected chi connectivity index (χ0v) is 13.2. The molecule has 112 valence electrons. The van der Waals surface area contributed by atoms with Gasteiger partial charge in [0.05, 0.1) is 5.92 Å². The molecule has 0 saturated carbocycles. The molecule has 0 aliphatic carbocycles. The Bertz CT molecular complexity index is 456. The van der Waals surface area contributed by atoms with Crippen molar-refractivity contribution in [1.82, 2.24) is 19.6 Å². The van der Waals surface area contributed by atoms with Crippen LogP contribution in [0.2, 0.25) is 0 Å². The van der Waals surface area contributed by atoms with Gasteiger partial charge in [0.25, 0.3) is 0 Å². The molecule has 0 atom stereocenters.